The van der Waals surface area contributed by atoms with Crippen LogP contribution in [0.15, 0.2) is 65.1 Å². The van der Waals surface area contributed by atoms with E-state index in [0.29, 0.717) is 0 Å². The molecule has 1 fully saturated rings. The molecule has 42 heavy (non-hydrogen) atoms. The summed E-state index contributed by atoms with van der Waals surface area (Å²) in [7, 11) is -2.92. The van der Waals surface area contributed by atoms with Crippen molar-refractivity contribution >= 4 is 38.5 Å². The predicted octanol–water partition coefficient (Wildman–Crippen LogP) is 1.83. The molecule has 1 aliphatic heterocycles. The number of hydrogen-bond acceptors (Lipinski definition) is 9. The number of nitrogens with one attached hydrogen (secondary N) is 1. The number of nitrogens with two attached hydrogens (primary N) is 1. The van der Waals surface area contributed by atoms with Gasteiger partial charge in [-0.1, -0.05) is 12.6 Å². The number of carbonyl (C=O) groups excluding carboxylic acids is 1. The van der Waals surface area contributed by atoms with Crippen LogP contribution in [0, 0.1) is 11.6 Å². The highest BCUT2D eigenvalue weighted by Gasteiger charge is 2.31. The van der Waals surface area contributed by atoms with Gasteiger partial charge in [-0.2, -0.15) is 4.98 Å². The third-order valence-corrected chi connectivity index (χ3v) is 8.49. The molecule has 0 unspecified atom stereocenters. The van der Waals surface area contributed by atoms with Crippen LogP contribution in [0.2, 0.25) is 0 Å². The van der Waals surface area contributed by atoms with E-state index in [9.17, 15) is 22.4 Å². The monoisotopic (exact) mass is 596 g/mol. The Bertz CT molecular complexity index is 1890. The molecule has 0 radical (unpaired) electrons. The number of nitrogen functional groups attached to an aromatic ring is 1. The third kappa shape index (κ3) is 4.86. The highest BCUT2D eigenvalue weighted by molar-refractivity contribution is 7.89. The minimum absolute atomic E-state index is 0.0396. The van der Waals surface area contributed by atoms with E-state index in [-0.39, 0.29) is 70.3 Å². The summed E-state index contributed by atoms with van der Waals surface area (Å²) in [5.41, 5.74) is 3.72. The number of halogens is 2. The number of aromatic nitrogens is 4. The van der Waals surface area contributed by atoms with Crippen LogP contribution in [0.4, 0.5) is 20.3 Å². The Morgan fingerprint density at radius 2 is 1.95 bits per heavy atom. The van der Waals surface area contributed by atoms with Gasteiger partial charge in [-0.3, -0.25) is 9.78 Å². The molecule has 12 nitrogen and oxygen atoms in total. The maximum atomic E-state index is 15.8. The summed E-state index contributed by atoms with van der Waals surface area (Å²) in [5.74, 6) is -1.99. The van der Waals surface area contributed by atoms with Crippen molar-refractivity contribution in [1.82, 2.24) is 29.1 Å². The van der Waals surface area contributed by atoms with Crippen molar-refractivity contribution in [3.8, 4) is 16.9 Å². The second-order valence-electron chi connectivity index (χ2n) is 9.53. The molecule has 1 aromatic carbocycles. The number of hydrogen-bond donors (Lipinski definition) is 2. The highest BCUT2D eigenvalue weighted by atomic mass is 32.2. The zero-order valence-corrected chi connectivity index (χ0v) is 23.4. The number of nitrogens with zero attached hydrogens (tertiary/aromatic N) is 6. The Morgan fingerprint density at radius 3 is 2.62 bits per heavy atom. The SMILES string of the molecule is C=CC(=O)N1CCN(c2nc(=O)n(-c3cnccc3S(=O)(=O)NC)c3nc(-c4c(N)cccc4F)c(F)cc23)[C@@H](C)C1. The Balaban J connectivity index is 1.84. The fraction of sp³-hybridized carbons (Fsp3) is 0.222. The summed E-state index contributed by atoms with van der Waals surface area (Å²) in [6.45, 7) is 6.10. The number of rotatable bonds is 6. The first-order chi connectivity index (χ1) is 20.0. The average molecular weight is 597 g/mol. The molecule has 1 atom stereocenters. The topological polar surface area (TPSA) is 156 Å². The van der Waals surface area contributed by atoms with E-state index < -0.39 is 33.0 Å². The summed E-state index contributed by atoms with van der Waals surface area (Å²) < 4.78 is 59.5. The number of amides is 1. The normalized spacial score (nSPS) is 15.7. The fourth-order valence-electron chi connectivity index (χ4n) is 4.99. The van der Waals surface area contributed by atoms with Gasteiger partial charge in [-0.15, -0.1) is 0 Å². The molecular weight excluding hydrogens is 570 g/mol. The molecule has 0 saturated carbocycles. The van der Waals surface area contributed by atoms with Crippen molar-refractivity contribution in [3.63, 3.8) is 0 Å². The number of pyridine rings is 2. The maximum Gasteiger partial charge on any atom is 0.355 e. The molecule has 0 spiro atoms. The van der Waals surface area contributed by atoms with Crippen LogP contribution in [0.3, 0.4) is 0 Å². The van der Waals surface area contributed by atoms with Crippen molar-refractivity contribution in [1.29, 1.82) is 0 Å². The molecule has 1 aliphatic rings. The second kappa shape index (κ2) is 10.9. The van der Waals surface area contributed by atoms with Crippen LogP contribution in [0.25, 0.3) is 28.0 Å². The highest BCUT2D eigenvalue weighted by Crippen LogP contribution is 2.35. The molecule has 1 amide bonds. The first kappa shape index (κ1) is 28.8. The first-order valence-corrected chi connectivity index (χ1v) is 14.2. The van der Waals surface area contributed by atoms with Gasteiger partial charge in [0, 0.05) is 37.6 Å². The van der Waals surface area contributed by atoms with E-state index in [0.717, 1.165) is 22.9 Å². The minimum atomic E-state index is -4.12. The fourth-order valence-corrected chi connectivity index (χ4v) is 5.87. The van der Waals surface area contributed by atoms with E-state index in [2.05, 4.69) is 26.3 Å². The van der Waals surface area contributed by atoms with E-state index in [4.69, 9.17) is 5.73 Å². The second-order valence-corrected chi connectivity index (χ2v) is 11.4. The van der Waals surface area contributed by atoms with Crippen LogP contribution in [-0.2, 0) is 14.8 Å². The van der Waals surface area contributed by atoms with E-state index >= 15 is 4.39 Å². The summed E-state index contributed by atoms with van der Waals surface area (Å²) in [4.78, 5) is 41.5. The number of sulfonamides is 1. The van der Waals surface area contributed by atoms with Crippen molar-refractivity contribution in [2.24, 2.45) is 0 Å². The van der Waals surface area contributed by atoms with Crippen LogP contribution < -0.4 is 21.0 Å². The number of carbonyl (C=O) groups is 1. The minimum Gasteiger partial charge on any atom is -0.398 e. The van der Waals surface area contributed by atoms with Crippen LogP contribution in [0.1, 0.15) is 6.92 Å². The van der Waals surface area contributed by atoms with Crippen LogP contribution in [0.5, 0.6) is 0 Å². The van der Waals surface area contributed by atoms with Crippen molar-refractivity contribution < 1.29 is 22.0 Å². The lowest BCUT2D eigenvalue weighted by Crippen LogP contribution is -2.54. The largest absolute Gasteiger partial charge is 0.398 e. The molecular formula is C27H26F2N8O4S. The van der Waals surface area contributed by atoms with Gasteiger partial charge in [-0.05, 0) is 44.3 Å². The molecule has 1 saturated heterocycles. The van der Waals surface area contributed by atoms with Crippen molar-refractivity contribution in [2.45, 2.75) is 17.9 Å². The summed E-state index contributed by atoms with van der Waals surface area (Å²) in [5, 5.41) is 0.0396. The van der Waals surface area contributed by atoms with Gasteiger partial charge in [0.25, 0.3) is 0 Å². The van der Waals surface area contributed by atoms with Crippen LogP contribution >= 0.6 is 0 Å². The summed E-state index contributed by atoms with van der Waals surface area (Å²) >= 11 is 0. The molecule has 0 aliphatic carbocycles. The quantitative estimate of drug-likeness (QED) is 0.250. The predicted molar refractivity (Wildman–Crippen MR) is 153 cm³/mol. The third-order valence-electron chi connectivity index (χ3n) is 7.03. The smallest absolute Gasteiger partial charge is 0.355 e. The van der Waals surface area contributed by atoms with Crippen molar-refractivity contribution in [3.05, 3.63) is 77.5 Å². The van der Waals surface area contributed by atoms with Crippen LogP contribution in [-0.4, -0.2) is 71.5 Å². The molecule has 5 rings (SSSR count). The molecule has 3 N–H and O–H groups in total. The molecule has 218 valence electrons. The Labute approximate surface area is 239 Å². The number of benzene rings is 1. The summed E-state index contributed by atoms with van der Waals surface area (Å²) in [6, 6.07) is 5.69. The molecule has 4 heterocycles. The number of fused-ring (bicyclic) bond motifs is 1. The Hall–Kier alpha value is -4.76. The van der Waals surface area contributed by atoms with E-state index in [1.54, 1.807) is 16.7 Å². The lowest BCUT2D eigenvalue weighted by atomic mass is 10.1. The van der Waals surface area contributed by atoms with Gasteiger partial charge in [0.1, 0.15) is 22.2 Å². The Kier molecular flexibility index (Phi) is 7.47. The van der Waals surface area contributed by atoms with Gasteiger partial charge in [0.05, 0.1) is 22.8 Å². The maximum absolute atomic E-state index is 15.8. The van der Waals surface area contributed by atoms with Gasteiger partial charge < -0.3 is 15.5 Å². The standard InChI is InChI=1S/C27H26F2N8O4S/c1-4-22(38)35-10-11-36(15(2)14-35)25-16-12-18(29)24(23-17(28)6-5-7-19(23)30)33-26(16)37(27(39)34-25)20-13-32-9-8-21(20)42(40,41)31-3/h4-9,12-13,15,31H,1,10-11,14,30H2,2-3H3/t15-/m0/s1. The molecule has 15 heteroatoms. The van der Waals surface area contributed by atoms with Crippen molar-refractivity contribution in [2.75, 3.05) is 37.3 Å². The average Bonchev–Trinajstić information content (AvgIpc) is 2.97. The molecule has 3 aromatic heterocycles. The van der Waals surface area contributed by atoms with Gasteiger partial charge in [0.2, 0.25) is 15.9 Å². The van der Waals surface area contributed by atoms with E-state index in [1.807, 2.05) is 0 Å². The molecule has 4 aromatic rings. The zero-order chi connectivity index (χ0) is 30.3. The van der Waals surface area contributed by atoms with E-state index in [1.165, 1.54) is 37.5 Å². The van der Waals surface area contributed by atoms with Gasteiger partial charge in [0.15, 0.2) is 11.5 Å². The zero-order valence-electron chi connectivity index (χ0n) is 22.6. The lowest BCUT2D eigenvalue weighted by molar-refractivity contribution is -0.126. The first-order valence-electron chi connectivity index (χ1n) is 12.7. The summed E-state index contributed by atoms with van der Waals surface area (Å²) in [6.07, 6.45) is 3.57. The number of anilines is 2. The van der Waals surface area contributed by atoms with Gasteiger partial charge >= 0.3 is 5.69 Å². The molecule has 0 bridgehead atoms. The Morgan fingerprint density at radius 1 is 1.19 bits per heavy atom. The van der Waals surface area contributed by atoms with Gasteiger partial charge in [-0.25, -0.2) is 36.3 Å². The lowest BCUT2D eigenvalue weighted by Gasteiger charge is -2.40. The number of piperazine rings is 1.